The van der Waals surface area contributed by atoms with Crippen LogP contribution in [0.2, 0.25) is 0 Å². The van der Waals surface area contributed by atoms with Crippen LogP contribution in [0.1, 0.15) is 31.2 Å². The number of rotatable bonds is 7. The molecule has 1 aromatic carbocycles. The van der Waals surface area contributed by atoms with Crippen molar-refractivity contribution in [3.63, 3.8) is 0 Å². The van der Waals surface area contributed by atoms with Crippen molar-refractivity contribution in [3.8, 4) is 5.75 Å². The van der Waals surface area contributed by atoms with Gasteiger partial charge in [0.1, 0.15) is 5.75 Å². The number of halogens is 1. The molecule has 4 nitrogen and oxygen atoms in total. The minimum Gasteiger partial charge on any atom is -0.494 e. The second-order valence-corrected chi connectivity index (χ2v) is 5.46. The van der Waals surface area contributed by atoms with Crippen molar-refractivity contribution in [2.45, 2.75) is 32.6 Å². The number of hydrogen-bond donors (Lipinski definition) is 2. The molecule has 0 unspecified atom stereocenters. The van der Waals surface area contributed by atoms with Gasteiger partial charge in [-0.05, 0) is 44.2 Å². The monoisotopic (exact) mass is 403 g/mol. The highest BCUT2D eigenvalue weighted by atomic mass is 127. The van der Waals surface area contributed by atoms with Crippen molar-refractivity contribution < 1.29 is 4.74 Å². The Morgan fingerprint density at radius 1 is 1.33 bits per heavy atom. The Morgan fingerprint density at radius 2 is 2.05 bits per heavy atom. The molecular formula is C16H26IN3O. The molecule has 0 radical (unpaired) electrons. The highest BCUT2D eigenvalue weighted by Crippen LogP contribution is 2.26. The SMILES string of the molecule is Cc1ccc(OCCCNC(N)=NCC2CCC2)cc1.I. The van der Waals surface area contributed by atoms with Gasteiger partial charge >= 0.3 is 0 Å². The first kappa shape index (κ1) is 18.1. The molecule has 0 atom stereocenters. The molecule has 1 fully saturated rings. The summed E-state index contributed by atoms with van der Waals surface area (Å²) in [5.41, 5.74) is 7.05. The zero-order valence-corrected chi connectivity index (χ0v) is 15.0. The number of ether oxygens (including phenoxy) is 1. The van der Waals surface area contributed by atoms with Crippen LogP contribution in [0, 0.1) is 12.8 Å². The number of guanidine groups is 1. The van der Waals surface area contributed by atoms with E-state index in [0.29, 0.717) is 12.6 Å². The van der Waals surface area contributed by atoms with Crippen LogP contribution in [0.15, 0.2) is 29.3 Å². The fourth-order valence-electron chi connectivity index (χ4n) is 2.07. The number of nitrogens with zero attached hydrogens (tertiary/aromatic N) is 1. The van der Waals surface area contributed by atoms with Crippen LogP contribution in [0.25, 0.3) is 0 Å². The molecule has 0 spiro atoms. The number of benzene rings is 1. The number of aliphatic imine (C=N–C) groups is 1. The van der Waals surface area contributed by atoms with Crippen molar-refractivity contribution in [2.75, 3.05) is 19.7 Å². The summed E-state index contributed by atoms with van der Waals surface area (Å²) < 4.78 is 5.65. The average Bonchev–Trinajstić information content (AvgIpc) is 2.39. The van der Waals surface area contributed by atoms with Gasteiger partial charge in [-0.3, -0.25) is 4.99 Å². The number of aryl methyl sites for hydroxylation is 1. The third-order valence-corrected chi connectivity index (χ3v) is 3.66. The Kier molecular flexibility index (Phi) is 8.49. The van der Waals surface area contributed by atoms with E-state index >= 15 is 0 Å². The van der Waals surface area contributed by atoms with Gasteiger partial charge in [-0.2, -0.15) is 0 Å². The molecule has 1 aromatic rings. The molecule has 1 saturated carbocycles. The summed E-state index contributed by atoms with van der Waals surface area (Å²) in [6.07, 6.45) is 4.87. The lowest BCUT2D eigenvalue weighted by Gasteiger charge is -2.23. The molecule has 5 heteroatoms. The van der Waals surface area contributed by atoms with Crippen LogP contribution in [0.5, 0.6) is 5.75 Å². The van der Waals surface area contributed by atoms with Crippen molar-refractivity contribution in [3.05, 3.63) is 29.8 Å². The molecule has 0 aromatic heterocycles. The van der Waals surface area contributed by atoms with Gasteiger partial charge in [0.2, 0.25) is 0 Å². The summed E-state index contributed by atoms with van der Waals surface area (Å²) in [5, 5.41) is 3.13. The van der Waals surface area contributed by atoms with E-state index in [4.69, 9.17) is 10.5 Å². The lowest BCUT2D eigenvalue weighted by atomic mass is 9.86. The van der Waals surface area contributed by atoms with E-state index in [1.807, 2.05) is 12.1 Å². The largest absolute Gasteiger partial charge is 0.494 e. The van der Waals surface area contributed by atoms with Crippen LogP contribution in [0.3, 0.4) is 0 Å². The summed E-state index contributed by atoms with van der Waals surface area (Å²) in [4.78, 5) is 4.35. The van der Waals surface area contributed by atoms with E-state index in [9.17, 15) is 0 Å². The summed E-state index contributed by atoms with van der Waals surface area (Å²) in [5.74, 6) is 2.25. The maximum atomic E-state index is 5.81. The zero-order valence-electron chi connectivity index (χ0n) is 12.7. The summed E-state index contributed by atoms with van der Waals surface area (Å²) in [6.45, 7) is 4.43. The van der Waals surface area contributed by atoms with E-state index in [1.54, 1.807) is 0 Å². The van der Waals surface area contributed by atoms with Gasteiger partial charge in [-0.25, -0.2) is 0 Å². The summed E-state index contributed by atoms with van der Waals surface area (Å²) in [7, 11) is 0. The third-order valence-electron chi connectivity index (χ3n) is 3.66. The van der Waals surface area contributed by atoms with Crippen molar-refractivity contribution in [1.82, 2.24) is 5.32 Å². The molecule has 0 amide bonds. The molecule has 0 heterocycles. The quantitative estimate of drug-likeness (QED) is 0.318. The smallest absolute Gasteiger partial charge is 0.188 e. The summed E-state index contributed by atoms with van der Waals surface area (Å²) in [6, 6.07) is 8.10. The molecule has 0 aliphatic heterocycles. The first-order chi connectivity index (χ1) is 9.74. The fourth-order valence-corrected chi connectivity index (χ4v) is 2.07. The van der Waals surface area contributed by atoms with Gasteiger partial charge in [0.05, 0.1) is 6.61 Å². The van der Waals surface area contributed by atoms with Crippen LogP contribution >= 0.6 is 24.0 Å². The molecule has 2 rings (SSSR count). The number of hydrogen-bond acceptors (Lipinski definition) is 2. The molecule has 21 heavy (non-hydrogen) atoms. The van der Waals surface area contributed by atoms with Crippen LogP contribution in [0.4, 0.5) is 0 Å². The lowest BCUT2D eigenvalue weighted by molar-refractivity contribution is 0.311. The van der Waals surface area contributed by atoms with Crippen molar-refractivity contribution in [2.24, 2.45) is 16.6 Å². The number of nitrogens with two attached hydrogens (primary N) is 1. The predicted octanol–water partition coefficient (Wildman–Crippen LogP) is 3.09. The van der Waals surface area contributed by atoms with Crippen LogP contribution in [-0.4, -0.2) is 25.7 Å². The van der Waals surface area contributed by atoms with Crippen LogP contribution < -0.4 is 15.8 Å². The Balaban J connectivity index is 0.00000220. The van der Waals surface area contributed by atoms with Gasteiger partial charge in [0, 0.05) is 13.1 Å². The topological polar surface area (TPSA) is 59.6 Å². The highest BCUT2D eigenvalue weighted by molar-refractivity contribution is 14.0. The lowest BCUT2D eigenvalue weighted by Crippen LogP contribution is -2.34. The second-order valence-electron chi connectivity index (χ2n) is 5.46. The van der Waals surface area contributed by atoms with Gasteiger partial charge in [-0.15, -0.1) is 24.0 Å². The normalized spacial score (nSPS) is 15.0. The second kappa shape index (κ2) is 9.87. The minimum atomic E-state index is 0. The van der Waals surface area contributed by atoms with E-state index < -0.39 is 0 Å². The third kappa shape index (κ3) is 7.02. The average molecular weight is 403 g/mol. The molecule has 0 bridgehead atoms. The molecular weight excluding hydrogens is 377 g/mol. The standard InChI is InChI=1S/C16H25N3O.HI/c1-13-6-8-15(9-7-13)20-11-3-10-18-16(17)19-12-14-4-2-5-14;/h6-9,14H,2-5,10-12H2,1H3,(H3,17,18,19);1H. The molecule has 0 saturated heterocycles. The van der Waals surface area contributed by atoms with Gasteiger partial charge in [0.15, 0.2) is 5.96 Å². The van der Waals surface area contributed by atoms with Gasteiger partial charge < -0.3 is 15.8 Å². The number of nitrogens with one attached hydrogen (secondary N) is 1. The Labute approximate surface area is 144 Å². The Hall–Kier alpha value is -0.980. The van der Waals surface area contributed by atoms with E-state index in [-0.39, 0.29) is 24.0 Å². The first-order valence-corrected chi connectivity index (χ1v) is 7.47. The highest BCUT2D eigenvalue weighted by Gasteiger charge is 2.16. The van der Waals surface area contributed by atoms with E-state index in [0.717, 1.165) is 31.2 Å². The molecule has 1 aliphatic carbocycles. The van der Waals surface area contributed by atoms with Crippen molar-refractivity contribution in [1.29, 1.82) is 0 Å². The van der Waals surface area contributed by atoms with Crippen LogP contribution in [-0.2, 0) is 0 Å². The van der Waals surface area contributed by atoms with E-state index in [2.05, 4.69) is 29.4 Å². The van der Waals surface area contributed by atoms with Crippen molar-refractivity contribution >= 4 is 29.9 Å². The molecule has 3 N–H and O–H groups in total. The Morgan fingerprint density at radius 3 is 2.67 bits per heavy atom. The minimum absolute atomic E-state index is 0. The summed E-state index contributed by atoms with van der Waals surface area (Å²) >= 11 is 0. The first-order valence-electron chi connectivity index (χ1n) is 7.47. The van der Waals surface area contributed by atoms with E-state index in [1.165, 1.54) is 24.8 Å². The van der Waals surface area contributed by atoms with Gasteiger partial charge in [0.25, 0.3) is 0 Å². The maximum absolute atomic E-state index is 5.81. The predicted molar refractivity (Wildman–Crippen MR) is 98.5 cm³/mol. The maximum Gasteiger partial charge on any atom is 0.188 e. The zero-order chi connectivity index (χ0) is 14.2. The van der Waals surface area contributed by atoms with Gasteiger partial charge in [-0.1, -0.05) is 24.1 Å². The molecule has 118 valence electrons. The fraction of sp³-hybridized carbons (Fsp3) is 0.562. The Bertz CT molecular complexity index is 430. The molecule has 1 aliphatic rings.